The van der Waals surface area contributed by atoms with Gasteiger partial charge in [0, 0.05) is 5.69 Å². The van der Waals surface area contributed by atoms with Crippen molar-refractivity contribution in [1.29, 1.82) is 0 Å². The monoisotopic (exact) mass is 239 g/mol. The number of carboxylic acid groups (broad SMARTS) is 1. The summed E-state index contributed by atoms with van der Waals surface area (Å²) in [7, 11) is 0. The van der Waals surface area contributed by atoms with Crippen LogP contribution in [0, 0.1) is 6.92 Å². The molecule has 4 heteroatoms. The van der Waals surface area contributed by atoms with Gasteiger partial charge in [0.25, 0.3) is 0 Å². The molecule has 0 radical (unpaired) electrons. The van der Waals surface area contributed by atoms with E-state index in [1.807, 2.05) is 37.4 Å². The predicted molar refractivity (Wildman–Crippen MR) is 69.2 cm³/mol. The van der Waals surface area contributed by atoms with Crippen LogP contribution >= 0.6 is 11.8 Å². The van der Waals surface area contributed by atoms with E-state index >= 15 is 0 Å². The summed E-state index contributed by atoms with van der Waals surface area (Å²) >= 11 is 1.66. The van der Waals surface area contributed by atoms with Crippen LogP contribution in [-0.4, -0.2) is 29.1 Å². The van der Waals surface area contributed by atoms with Gasteiger partial charge >= 0.3 is 5.97 Å². The average Bonchev–Trinajstić information content (AvgIpc) is 2.26. The molecular weight excluding hydrogens is 222 g/mol. The SMILES string of the molecule is CSCCC(Nc1ccccc1C)C(=O)O. The first kappa shape index (κ1) is 12.9. The number of benzene rings is 1. The minimum absolute atomic E-state index is 0.506. The third-order valence-electron chi connectivity index (χ3n) is 2.38. The normalized spacial score (nSPS) is 12.1. The first-order chi connectivity index (χ1) is 7.65. The molecule has 0 aromatic heterocycles. The molecule has 1 aromatic rings. The fraction of sp³-hybridized carbons (Fsp3) is 0.417. The lowest BCUT2D eigenvalue weighted by Gasteiger charge is -2.16. The molecule has 1 aromatic carbocycles. The van der Waals surface area contributed by atoms with Crippen molar-refractivity contribution in [2.75, 3.05) is 17.3 Å². The van der Waals surface area contributed by atoms with Crippen molar-refractivity contribution >= 4 is 23.4 Å². The number of hydrogen-bond acceptors (Lipinski definition) is 3. The van der Waals surface area contributed by atoms with Crippen LogP contribution in [0.25, 0.3) is 0 Å². The van der Waals surface area contributed by atoms with E-state index in [9.17, 15) is 4.79 Å². The van der Waals surface area contributed by atoms with Gasteiger partial charge in [0.1, 0.15) is 6.04 Å². The van der Waals surface area contributed by atoms with E-state index in [0.717, 1.165) is 17.0 Å². The summed E-state index contributed by atoms with van der Waals surface area (Å²) in [6.45, 7) is 1.97. The second-order valence-corrected chi connectivity index (χ2v) is 4.62. The Kier molecular flexibility index (Phi) is 5.19. The Balaban J connectivity index is 2.68. The highest BCUT2D eigenvalue weighted by atomic mass is 32.2. The van der Waals surface area contributed by atoms with E-state index in [1.54, 1.807) is 11.8 Å². The molecule has 0 saturated carbocycles. The summed E-state index contributed by atoms with van der Waals surface area (Å²) in [6.07, 6.45) is 2.61. The van der Waals surface area contributed by atoms with Crippen molar-refractivity contribution in [3.63, 3.8) is 0 Å². The smallest absolute Gasteiger partial charge is 0.326 e. The van der Waals surface area contributed by atoms with E-state index in [0.29, 0.717) is 6.42 Å². The molecule has 16 heavy (non-hydrogen) atoms. The molecule has 0 bridgehead atoms. The largest absolute Gasteiger partial charge is 0.480 e. The highest BCUT2D eigenvalue weighted by Gasteiger charge is 2.16. The topological polar surface area (TPSA) is 49.3 Å². The lowest BCUT2D eigenvalue weighted by molar-refractivity contribution is -0.137. The van der Waals surface area contributed by atoms with Crippen LogP contribution < -0.4 is 5.32 Å². The molecule has 0 fully saturated rings. The van der Waals surface area contributed by atoms with Crippen LogP contribution in [0.1, 0.15) is 12.0 Å². The van der Waals surface area contributed by atoms with Crippen molar-refractivity contribution in [3.05, 3.63) is 29.8 Å². The van der Waals surface area contributed by atoms with Gasteiger partial charge in [-0.2, -0.15) is 11.8 Å². The molecule has 0 aliphatic rings. The summed E-state index contributed by atoms with van der Waals surface area (Å²) in [5.74, 6) is 0.0489. The first-order valence-electron chi connectivity index (χ1n) is 5.19. The summed E-state index contributed by atoms with van der Waals surface area (Å²) in [5.41, 5.74) is 1.97. The maximum Gasteiger partial charge on any atom is 0.326 e. The van der Waals surface area contributed by atoms with Crippen molar-refractivity contribution in [2.24, 2.45) is 0 Å². The van der Waals surface area contributed by atoms with E-state index in [1.165, 1.54) is 0 Å². The Morgan fingerprint density at radius 1 is 1.50 bits per heavy atom. The molecule has 1 unspecified atom stereocenters. The number of thioether (sulfide) groups is 1. The number of hydrogen-bond donors (Lipinski definition) is 2. The van der Waals surface area contributed by atoms with Gasteiger partial charge < -0.3 is 10.4 Å². The molecule has 0 saturated heterocycles. The van der Waals surface area contributed by atoms with Gasteiger partial charge in [-0.3, -0.25) is 0 Å². The Hall–Kier alpha value is -1.16. The lowest BCUT2D eigenvalue weighted by Crippen LogP contribution is -2.30. The summed E-state index contributed by atoms with van der Waals surface area (Å²) in [6, 6.07) is 7.22. The molecule has 0 amide bonds. The number of nitrogens with one attached hydrogen (secondary N) is 1. The molecule has 88 valence electrons. The van der Waals surface area contributed by atoms with Gasteiger partial charge in [0.2, 0.25) is 0 Å². The Morgan fingerprint density at radius 3 is 2.75 bits per heavy atom. The quantitative estimate of drug-likeness (QED) is 0.801. The number of anilines is 1. The van der Waals surface area contributed by atoms with Crippen LogP contribution in [0.2, 0.25) is 0 Å². The van der Waals surface area contributed by atoms with Crippen molar-refractivity contribution < 1.29 is 9.90 Å². The van der Waals surface area contributed by atoms with Gasteiger partial charge in [-0.15, -0.1) is 0 Å². The molecule has 1 rings (SSSR count). The van der Waals surface area contributed by atoms with Gasteiger partial charge in [-0.25, -0.2) is 4.79 Å². The standard InChI is InChI=1S/C12H17NO2S/c1-9-5-3-4-6-10(9)13-11(12(14)15)7-8-16-2/h3-6,11,13H,7-8H2,1-2H3,(H,14,15). The zero-order valence-electron chi connectivity index (χ0n) is 9.56. The average molecular weight is 239 g/mol. The van der Waals surface area contributed by atoms with Crippen molar-refractivity contribution in [2.45, 2.75) is 19.4 Å². The Bertz CT molecular complexity index is 355. The van der Waals surface area contributed by atoms with Crippen LogP contribution in [0.5, 0.6) is 0 Å². The van der Waals surface area contributed by atoms with Crippen molar-refractivity contribution in [1.82, 2.24) is 0 Å². The highest BCUT2D eigenvalue weighted by Crippen LogP contribution is 2.16. The van der Waals surface area contributed by atoms with Gasteiger partial charge in [0.05, 0.1) is 0 Å². The molecular formula is C12H17NO2S. The van der Waals surface area contributed by atoms with E-state index < -0.39 is 12.0 Å². The molecule has 0 aliphatic carbocycles. The van der Waals surface area contributed by atoms with Crippen LogP contribution in [-0.2, 0) is 4.79 Å². The maximum atomic E-state index is 11.0. The molecule has 0 aliphatic heterocycles. The molecule has 0 spiro atoms. The minimum Gasteiger partial charge on any atom is -0.480 e. The van der Waals surface area contributed by atoms with Gasteiger partial charge in [-0.05, 0) is 37.0 Å². The Morgan fingerprint density at radius 2 is 2.19 bits per heavy atom. The van der Waals surface area contributed by atoms with E-state index in [4.69, 9.17) is 5.11 Å². The van der Waals surface area contributed by atoms with Crippen LogP contribution in [0.3, 0.4) is 0 Å². The number of para-hydroxylation sites is 1. The lowest BCUT2D eigenvalue weighted by atomic mass is 10.1. The zero-order valence-corrected chi connectivity index (χ0v) is 10.4. The molecule has 2 N–H and O–H groups in total. The maximum absolute atomic E-state index is 11.0. The van der Waals surface area contributed by atoms with Crippen LogP contribution in [0.4, 0.5) is 5.69 Å². The minimum atomic E-state index is -0.794. The molecule has 3 nitrogen and oxygen atoms in total. The third-order valence-corrected chi connectivity index (χ3v) is 3.03. The van der Waals surface area contributed by atoms with E-state index in [-0.39, 0.29) is 0 Å². The van der Waals surface area contributed by atoms with E-state index in [2.05, 4.69) is 5.32 Å². The first-order valence-corrected chi connectivity index (χ1v) is 6.58. The number of aryl methyl sites for hydroxylation is 1. The fourth-order valence-corrected chi connectivity index (χ4v) is 1.89. The van der Waals surface area contributed by atoms with Gasteiger partial charge in [-0.1, -0.05) is 18.2 Å². The zero-order chi connectivity index (χ0) is 12.0. The molecule has 1 atom stereocenters. The number of carbonyl (C=O) groups is 1. The third kappa shape index (κ3) is 3.77. The van der Waals surface area contributed by atoms with Crippen molar-refractivity contribution in [3.8, 4) is 0 Å². The highest BCUT2D eigenvalue weighted by molar-refractivity contribution is 7.98. The number of carboxylic acids is 1. The molecule has 0 heterocycles. The summed E-state index contributed by atoms with van der Waals surface area (Å²) in [5, 5.41) is 12.1. The second-order valence-electron chi connectivity index (χ2n) is 3.63. The number of rotatable bonds is 6. The predicted octanol–water partition coefficient (Wildman–Crippen LogP) is 2.61. The summed E-state index contributed by atoms with van der Waals surface area (Å²) < 4.78 is 0. The number of aliphatic carboxylic acids is 1. The Labute approximate surface area is 100 Å². The fourth-order valence-electron chi connectivity index (χ4n) is 1.42. The second kappa shape index (κ2) is 6.43. The summed E-state index contributed by atoms with van der Waals surface area (Å²) in [4.78, 5) is 11.0. The van der Waals surface area contributed by atoms with Gasteiger partial charge in [0.15, 0.2) is 0 Å². The van der Waals surface area contributed by atoms with Crippen LogP contribution in [0.15, 0.2) is 24.3 Å².